The highest BCUT2D eigenvalue weighted by atomic mass is 16.2. The number of likely N-dealkylation sites (N-methyl/N-ethyl adjacent to an activating group) is 1. The van der Waals surface area contributed by atoms with Crippen LogP contribution in [0.3, 0.4) is 0 Å². The molecule has 0 aromatic carbocycles. The highest BCUT2D eigenvalue weighted by Gasteiger charge is 2.39. The van der Waals surface area contributed by atoms with E-state index in [2.05, 4.69) is 37.2 Å². The lowest BCUT2D eigenvalue weighted by atomic mass is 9.96. The summed E-state index contributed by atoms with van der Waals surface area (Å²) in [6.45, 7) is 19.2. The summed E-state index contributed by atoms with van der Waals surface area (Å²) in [7, 11) is 1.78. The van der Waals surface area contributed by atoms with Crippen LogP contribution in [0.4, 0.5) is 0 Å². The van der Waals surface area contributed by atoms with Crippen LogP contribution >= 0.6 is 0 Å². The second kappa shape index (κ2) is 18.0. The minimum absolute atomic E-state index is 0.00957. The van der Waals surface area contributed by atoms with Gasteiger partial charge in [0.2, 0.25) is 35.4 Å². The van der Waals surface area contributed by atoms with Crippen LogP contribution in [0.25, 0.3) is 0 Å². The van der Waals surface area contributed by atoms with Crippen LogP contribution in [0, 0.1) is 11.8 Å². The predicted octanol–water partition coefficient (Wildman–Crippen LogP) is -0.194. The van der Waals surface area contributed by atoms with Crippen LogP contribution < -0.4 is 43.0 Å². The molecule has 0 aromatic heterocycles. The average Bonchev–Trinajstić information content (AvgIpc) is 2.86. The summed E-state index contributed by atoms with van der Waals surface area (Å²) in [4.78, 5) is 77.5. The fourth-order valence-corrected chi connectivity index (χ4v) is 4.19. The van der Waals surface area contributed by atoms with Crippen molar-refractivity contribution in [1.82, 2.24) is 37.2 Å². The fraction of sp³-hybridized carbons (Fsp3) is 0.806. The Labute approximate surface area is 269 Å². The second-order valence-electron chi connectivity index (χ2n) is 14.3. The van der Waals surface area contributed by atoms with Gasteiger partial charge in [-0.1, -0.05) is 27.7 Å². The SMILES string of the molecule is CNCC(C)NC(=O)CCNC(=O)C(C)(C)NC(=O)C(C)(C)NC(=O)C(CC(C)C)NC(=O)C(CC(C)C)NC(=O)C(C)(C)N. The van der Waals surface area contributed by atoms with E-state index in [1.54, 1.807) is 7.05 Å². The van der Waals surface area contributed by atoms with Gasteiger partial charge in [-0.05, 0) is 80.2 Å². The highest BCUT2D eigenvalue weighted by Crippen LogP contribution is 2.13. The smallest absolute Gasteiger partial charge is 0.246 e. The molecule has 0 radical (unpaired) electrons. The number of rotatable bonds is 19. The van der Waals surface area contributed by atoms with E-state index in [-0.39, 0.29) is 43.2 Å². The molecule has 6 amide bonds. The van der Waals surface area contributed by atoms with Gasteiger partial charge in [0.25, 0.3) is 0 Å². The summed E-state index contributed by atoms with van der Waals surface area (Å²) in [6.07, 6.45) is 0.671. The van der Waals surface area contributed by atoms with Gasteiger partial charge in [-0.15, -0.1) is 0 Å². The largest absolute Gasteiger partial charge is 0.354 e. The molecule has 0 spiro atoms. The molecule has 0 rings (SSSR count). The third-order valence-electron chi connectivity index (χ3n) is 6.81. The Bertz CT molecular complexity index is 1040. The lowest BCUT2D eigenvalue weighted by molar-refractivity contribution is -0.138. The number of hydrogen-bond donors (Lipinski definition) is 8. The standard InChI is InChI=1S/C31H60N8O6/c1-18(2)15-21(37-26(43)29(6,7)32)24(41)36-22(16-19(3)4)25(42)38-31(10,11)28(45)39-30(8,9)27(44)34-14-13-23(40)35-20(5)17-33-12/h18-22,33H,13-17,32H2,1-12H3,(H,34,44)(H,35,40)(H,36,41)(H,37,43)(H,38,42)(H,39,45). The second-order valence-corrected chi connectivity index (χ2v) is 14.3. The maximum absolute atomic E-state index is 13.4. The molecule has 0 saturated carbocycles. The van der Waals surface area contributed by atoms with Gasteiger partial charge in [-0.3, -0.25) is 28.8 Å². The van der Waals surface area contributed by atoms with Crippen molar-refractivity contribution in [2.75, 3.05) is 20.1 Å². The van der Waals surface area contributed by atoms with Gasteiger partial charge < -0.3 is 43.0 Å². The van der Waals surface area contributed by atoms with E-state index in [1.165, 1.54) is 41.5 Å². The normalized spacial score (nSPS) is 14.2. The molecular weight excluding hydrogens is 580 g/mol. The molecule has 3 unspecified atom stereocenters. The van der Waals surface area contributed by atoms with Crippen molar-refractivity contribution in [2.24, 2.45) is 17.6 Å². The van der Waals surface area contributed by atoms with Crippen molar-refractivity contribution >= 4 is 35.4 Å². The number of amides is 6. The topological polar surface area (TPSA) is 213 Å². The molecule has 260 valence electrons. The Balaban J connectivity index is 5.49. The van der Waals surface area contributed by atoms with Gasteiger partial charge in [0.15, 0.2) is 0 Å². The van der Waals surface area contributed by atoms with E-state index >= 15 is 0 Å². The van der Waals surface area contributed by atoms with Crippen LogP contribution in [-0.2, 0) is 28.8 Å². The van der Waals surface area contributed by atoms with Gasteiger partial charge in [0.1, 0.15) is 23.2 Å². The molecule has 0 aliphatic carbocycles. The van der Waals surface area contributed by atoms with Crippen molar-refractivity contribution in [3.8, 4) is 0 Å². The van der Waals surface area contributed by atoms with Crippen LogP contribution in [0.5, 0.6) is 0 Å². The molecule has 0 aliphatic rings. The summed E-state index contributed by atoms with van der Waals surface area (Å²) in [5, 5.41) is 19.2. The molecule has 14 heteroatoms. The zero-order chi connectivity index (χ0) is 35.3. The average molecular weight is 641 g/mol. The van der Waals surface area contributed by atoms with Gasteiger partial charge in [0, 0.05) is 25.6 Å². The van der Waals surface area contributed by atoms with Crippen LogP contribution in [0.1, 0.15) is 95.4 Å². The van der Waals surface area contributed by atoms with E-state index in [4.69, 9.17) is 5.73 Å². The zero-order valence-corrected chi connectivity index (χ0v) is 29.4. The Morgan fingerprint density at radius 2 is 1.13 bits per heavy atom. The summed E-state index contributed by atoms with van der Waals surface area (Å²) >= 11 is 0. The Kier molecular flexibility index (Phi) is 16.7. The van der Waals surface area contributed by atoms with Crippen molar-refractivity contribution in [1.29, 1.82) is 0 Å². The van der Waals surface area contributed by atoms with Gasteiger partial charge in [-0.2, -0.15) is 0 Å². The molecule has 9 N–H and O–H groups in total. The molecule has 0 aliphatic heterocycles. The Morgan fingerprint density at radius 1 is 0.644 bits per heavy atom. The van der Waals surface area contributed by atoms with Crippen molar-refractivity contribution in [3.05, 3.63) is 0 Å². The Morgan fingerprint density at radius 3 is 1.60 bits per heavy atom. The first-order valence-corrected chi connectivity index (χ1v) is 15.7. The molecule has 0 bridgehead atoms. The minimum Gasteiger partial charge on any atom is -0.354 e. The number of carbonyl (C=O) groups excluding carboxylic acids is 6. The quantitative estimate of drug-likeness (QED) is 0.0945. The summed E-state index contributed by atoms with van der Waals surface area (Å²) in [5.74, 6) is -2.90. The molecule has 14 nitrogen and oxygen atoms in total. The molecule has 0 aromatic rings. The van der Waals surface area contributed by atoms with Crippen molar-refractivity contribution in [3.63, 3.8) is 0 Å². The first kappa shape index (κ1) is 41.7. The van der Waals surface area contributed by atoms with Crippen LogP contribution in [0.2, 0.25) is 0 Å². The van der Waals surface area contributed by atoms with E-state index in [0.29, 0.717) is 13.0 Å². The molecule has 45 heavy (non-hydrogen) atoms. The van der Waals surface area contributed by atoms with Gasteiger partial charge >= 0.3 is 0 Å². The third-order valence-corrected chi connectivity index (χ3v) is 6.81. The number of hydrogen-bond acceptors (Lipinski definition) is 8. The van der Waals surface area contributed by atoms with Crippen LogP contribution in [0.15, 0.2) is 0 Å². The summed E-state index contributed by atoms with van der Waals surface area (Å²) in [5.41, 5.74) is 1.88. The highest BCUT2D eigenvalue weighted by molar-refractivity contribution is 5.98. The Hall–Kier alpha value is -3.26. The van der Waals surface area contributed by atoms with E-state index in [0.717, 1.165) is 0 Å². The predicted molar refractivity (Wildman–Crippen MR) is 175 cm³/mol. The third kappa shape index (κ3) is 16.0. The summed E-state index contributed by atoms with van der Waals surface area (Å²) < 4.78 is 0. The first-order chi connectivity index (χ1) is 20.4. The lowest BCUT2D eigenvalue weighted by Gasteiger charge is -2.33. The fourth-order valence-electron chi connectivity index (χ4n) is 4.19. The minimum atomic E-state index is -1.47. The summed E-state index contributed by atoms with van der Waals surface area (Å²) in [6, 6.07) is -1.98. The van der Waals surface area contributed by atoms with Crippen molar-refractivity contribution < 1.29 is 28.8 Å². The molecule has 0 fully saturated rings. The van der Waals surface area contributed by atoms with E-state index in [1.807, 2.05) is 34.6 Å². The first-order valence-electron chi connectivity index (χ1n) is 15.7. The zero-order valence-electron chi connectivity index (χ0n) is 29.4. The number of nitrogens with two attached hydrogens (primary N) is 1. The monoisotopic (exact) mass is 640 g/mol. The van der Waals surface area contributed by atoms with Crippen molar-refractivity contribution in [2.45, 2.75) is 130 Å². The number of carbonyl (C=O) groups is 6. The van der Waals surface area contributed by atoms with E-state index < -0.39 is 58.2 Å². The molecule has 0 heterocycles. The molecule has 3 atom stereocenters. The van der Waals surface area contributed by atoms with Gasteiger partial charge in [-0.25, -0.2) is 0 Å². The van der Waals surface area contributed by atoms with Crippen LogP contribution in [-0.4, -0.2) is 90.3 Å². The van der Waals surface area contributed by atoms with E-state index in [9.17, 15) is 28.8 Å². The maximum atomic E-state index is 13.4. The lowest BCUT2D eigenvalue weighted by Crippen LogP contribution is -2.65. The van der Waals surface area contributed by atoms with Gasteiger partial charge in [0.05, 0.1) is 5.54 Å². The molecule has 0 saturated heterocycles. The molecular formula is C31H60N8O6. The number of nitrogens with one attached hydrogen (secondary N) is 7. The maximum Gasteiger partial charge on any atom is 0.246 e.